The monoisotopic (exact) mass is 490 g/mol. The van der Waals surface area contributed by atoms with Gasteiger partial charge in [-0.05, 0) is 48.5 Å². The Morgan fingerprint density at radius 1 is 1.22 bits per heavy atom. The molecule has 0 spiro atoms. The number of ether oxygens (including phenoxy) is 1. The first-order valence-electron chi connectivity index (χ1n) is 12.7. The van der Waals surface area contributed by atoms with E-state index in [9.17, 15) is 9.90 Å². The molecule has 36 heavy (non-hydrogen) atoms. The zero-order valence-electron chi connectivity index (χ0n) is 21.8. The minimum absolute atomic E-state index is 0.0301. The third-order valence-corrected chi connectivity index (χ3v) is 6.72. The van der Waals surface area contributed by atoms with Crippen LogP contribution >= 0.6 is 0 Å². The number of rotatable bonds is 9. The van der Waals surface area contributed by atoms with Crippen LogP contribution < -0.4 is 5.32 Å². The molecule has 1 fully saturated rings. The molecule has 4 rings (SSSR count). The van der Waals surface area contributed by atoms with Gasteiger partial charge in [0.2, 0.25) is 5.91 Å². The van der Waals surface area contributed by atoms with Crippen LogP contribution in [0.25, 0.3) is 11.3 Å². The van der Waals surface area contributed by atoms with Crippen LogP contribution in [0.1, 0.15) is 44.6 Å². The Kier molecular flexibility index (Phi) is 8.11. The Morgan fingerprint density at radius 2 is 2.00 bits per heavy atom. The molecule has 0 aliphatic carbocycles. The molecule has 0 unspecified atom stereocenters. The number of methoxy groups -OCH3 is 1. The second-order valence-electron chi connectivity index (χ2n) is 10.8. The Hall–Kier alpha value is -3.16. The highest BCUT2D eigenvalue weighted by Gasteiger charge is 2.39. The second kappa shape index (κ2) is 11.3. The number of amides is 1. The van der Waals surface area contributed by atoms with Gasteiger partial charge in [-0.15, -0.1) is 0 Å². The minimum Gasteiger partial charge on any atom is -0.508 e. The van der Waals surface area contributed by atoms with E-state index in [1.165, 1.54) is 0 Å². The number of hydrogen-bond donors (Lipinski definition) is 2. The summed E-state index contributed by atoms with van der Waals surface area (Å²) in [5, 5.41) is 13.5. The van der Waals surface area contributed by atoms with E-state index in [2.05, 4.69) is 49.0 Å². The van der Waals surface area contributed by atoms with Crippen LogP contribution in [-0.2, 0) is 16.1 Å². The third kappa shape index (κ3) is 6.15. The van der Waals surface area contributed by atoms with Crippen molar-refractivity contribution in [3.63, 3.8) is 0 Å². The van der Waals surface area contributed by atoms with Crippen molar-refractivity contribution in [3.05, 3.63) is 72.2 Å². The molecule has 7 heteroatoms. The van der Waals surface area contributed by atoms with E-state index in [4.69, 9.17) is 9.72 Å². The van der Waals surface area contributed by atoms with Crippen LogP contribution in [0.15, 0.2) is 60.8 Å². The van der Waals surface area contributed by atoms with E-state index in [1.54, 1.807) is 19.2 Å². The lowest BCUT2D eigenvalue weighted by Gasteiger charge is -2.41. The van der Waals surface area contributed by atoms with Gasteiger partial charge in [0, 0.05) is 32.0 Å². The van der Waals surface area contributed by atoms with Crippen molar-refractivity contribution >= 4 is 5.91 Å². The SMILES string of the molecule is COCC(=O)N(C[C@H]1CCNC1)[C@@H](c1nc(-c2ccccc2)cn1Cc1cccc(O)c1)C(C)(C)C. The van der Waals surface area contributed by atoms with Gasteiger partial charge < -0.3 is 24.6 Å². The van der Waals surface area contributed by atoms with Crippen molar-refractivity contribution in [2.75, 3.05) is 33.4 Å². The van der Waals surface area contributed by atoms with Gasteiger partial charge in [0.1, 0.15) is 18.2 Å². The third-order valence-electron chi connectivity index (χ3n) is 6.72. The van der Waals surface area contributed by atoms with Crippen LogP contribution in [0.4, 0.5) is 0 Å². The number of phenolic OH excluding ortho intramolecular Hbond substituents is 1. The van der Waals surface area contributed by atoms with E-state index in [-0.39, 0.29) is 29.7 Å². The van der Waals surface area contributed by atoms with E-state index in [1.807, 2.05) is 35.2 Å². The van der Waals surface area contributed by atoms with Gasteiger partial charge in [0.05, 0.1) is 11.7 Å². The van der Waals surface area contributed by atoms with E-state index >= 15 is 0 Å². The number of aromatic hydroxyl groups is 1. The maximum Gasteiger partial charge on any atom is 0.249 e. The number of imidazole rings is 1. The molecule has 1 amide bonds. The molecule has 0 saturated carbocycles. The summed E-state index contributed by atoms with van der Waals surface area (Å²) in [5.41, 5.74) is 2.57. The van der Waals surface area contributed by atoms with Crippen molar-refractivity contribution in [3.8, 4) is 17.0 Å². The van der Waals surface area contributed by atoms with Crippen molar-refractivity contribution < 1.29 is 14.6 Å². The number of nitrogens with one attached hydrogen (secondary N) is 1. The first-order chi connectivity index (χ1) is 17.3. The predicted octanol–water partition coefficient (Wildman–Crippen LogP) is 4.48. The summed E-state index contributed by atoms with van der Waals surface area (Å²) >= 11 is 0. The summed E-state index contributed by atoms with van der Waals surface area (Å²) in [4.78, 5) is 20.6. The summed E-state index contributed by atoms with van der Waals surface area (Å²) in [6, 6.07) is 17.1. The van der Waals surface area contributed by atoms with Crippen LogP contribution in [0.3, 0.4) is 0 Å². The number of nitrogens with zero attached hydrogens (tertiary/aromatic N) is 3. The molecule has 1 aromatic heterocycles. The Balaban J connectivity index is 1.82. The van der Waals surface area contributed by atoms with Crippen molar-refractivity contribution in [2.24, 2.45) is 11.3 Å². The molecule has 3 aromatic rings. The van der Waals surface area contributed by atoms with Crippen LogP contribution in [0.5, 0.6) is 5.75 Å². The van der Waals surface area contributed by atoms with Crippen LogP contribution in [-0.4, -0.2) is 58.8 Å². The van der Waals surface area contributed by atoms with E-state index in [0.29, 0.717) is 19.0 Å². The normalized spacial score (nSPS) is 16.7. The fourth-order valence-electron chi connectivity index (χ4n) is 5.07. The first kappa shape index (κ1) is 25.9. The Labute approximate surface area is 214 Å². The maximum absolute atomic E-state index is 13.5. The summed E-state index contributed by atoms with van der Waals surface area (Å²) in [6.07, 6.45) is 3.10. The van der Waals surface area contributed by atoms with Crippen LogP contribution in [0, 0.1) is 11.3 Å². The standard InChI is InChI=1S/C29H38N4O3/c1-29(2,3)27(33(26(35)20-36-4)18-22-13-14-30-16-22)28-31-25(23-10-6-5-7-11-23)19-32(28)17-21-9-8-12-24(34)15-21/h5-12,15,19,22,27,30,34H,13-14,16-18,20H2,1-4H3/t22-,27-/m0/s1. The fourth-order valence-corrected chi connectivity index (χ4v) is 5.07. The maximum atomic E-state index is 13.5. The van der Waals surface area contributed by atoms with Gasteiger partial charge in [-0.2, -0.15) is 0 Å². The molecule has 192 valence electrons. The molecule has 0 radical (unpaired) electrons. The lowest BCUT2D eigenvalue weighted by molar-refractivity contribution is -0.141. The number of aromatic nitrogens is 2. The summed E-state index contributed by atoms with van der Waals surface area (Å²) in [6.45, 7) is 9.57. The highest BCUT2D eigenvalue weighted by atomic mass is 16.5. The van der Waals surface area contributed by atoms with Gasteiger partial charge in [-0.25, -0.2) is 4.98 Å². The average molecular weight is 491 g/mol. The quantitative estimate of drug-likeness (QED) is 0.463. The summed E-state index contributed by atoms with van der Waals surface area (Å²) < 4.78 is 7.43. The zero-order valence-corrected chi connectivity index (χ0v) is 21.8. The highest BCUT2D eigenvalue weighted by Crippen LogP contribution is 2.40. The predicted molar refractivity (Wildman–Crippen MR) is 142 cm³/mol. The minimum atomic E-state index is -0.286. The van der Waals surface area contributed by atoms with Gasteiger partial charge in [-0.3, -0.25) is 4.79 Å². The summed E-state index contributed by atoms with van der Waals surface area (Å²) in [7, 11) is 1.57. The largest absolute Gasteiger partial charge is 0.508 e. The highest BCUT2D eigenvalue weighted by molar-refractivity contribution is 5.78. The van der Waals surface area contributed by atoms with E-state index < -0.39 is 0 Å². The molecule has 2 aromatic carbocycles. The molecule has 7 nitrogen and oxygen atoms in total. The molecular formula is C29H38N4O3. The average Bonchev–Trinajstić information content (AvgIpc) is 3.49. The second-order valence-corrected chi connectivity index (χ2v) is 10.8. The molecule has 2 heterocycles. The number of carbonyl (C=O) groups is 1. The van der Waals surface area contributed by atoms with Gasteiger partial charge >= 0.3 is 0 Å². The summed E-state index contributed by atoms with van der Waals surface area (Å²) in [5.74, 6) is 1.42. The Morgan fingerprint density at radius 3 is 2.64 bits per heavy atom. The fraction of sp³-hybridized carbons (Fsp3) is 0.448. The van der Waals surface area contributed by atoms with Gasteiger partial charge in [0.25, 0.3) is 0 Å². The van der Waals surface area contributed by atoms with Crippen molar-refractivity contribution in [1.29, 1.82) is 0 Å². The van der Waals surface area contributed by atoms with Crippen LogP contribution in [0.2, 0.25) is 0 Å². The van der Waals surface area contributed by atoms with Gasteiger partial charge in [0.15, 0.2) is 0 Å². The first-order valence-corrected chi connectivity index (χ1v) is 12.7. The molecule has 2 N–H and O–H groups in total. The lowest BCUT2D eigenvalue weighted by Crippen LogP contribution is -2.46. The molecule has 1 aliphatic heterocycles. The van der Waals surface area contributed by atoms with E-state index in [0.717, 1.165) is 42.2 Å². The number of phenols is 1. The Bertz CT molecular complexity index is 1150. The van der Waals surface area contributed by atoms with Gasteiger partial charge in [-0.1, -0.05) is 63.2 Å². The topological polar surface area (TPSA) is 79.6 Å². The number of carbonyl (C=O) groups excluding carboxylic acids is 1. The number of hydrogen-bond acceptors (Lipinski definition) is 5. The molecule has 0 bridgehead atoms. The molecule has 1 aliphatic rings. The number of benzene rings is 2. The van der Waals surface area contributed by atoms with Crippen molar-refractivity contribution in [1.82, 2.24) is 19.8 Å². The molecule has 1 saturated heterocycles. The van der Waals surface area contributed by atoms with Crippen molar-refractivity contribution in [2.45, 2.75) is 39.8 Å². The molecular weight excluding hydrogens is 452 g/mol. The zero-order chi connectivity index (χ0) is 25.7. The lowest BCUT2D eigenvalue weighted by atomic mass is 9.84. The smallest absolute Gasteiger partial charge is 0.249 e. The molecule has 2 atom stereocenters.